The summed E-state index contributed by atoms with van der Waals surface area (Å²) in [7, 11) is 0. The second-order valence-electron chi connectivity index (χ2n) is 5.83. The van der Waals surface area contributed by atoms with Gasteiger partial charge in [-0.2, -0.15) is 0 Å². The lowest BCUT2D eigenvalue weighted by Crippen LogP contribution is -2.04. The van der Waals surface area contributed by atoms with Crippen LogP contribution < -0.4 is 0 Å². The average Bonchev–Trinajstić information content (AvgIpc) is 2.62. The van der Waals surface area contributed by atoms with E-state index in [4.69, 9.17) is 4.74 Å². The van der Waals surface area contributed by atoms with Gasteiger partial charge in [0, 0.05) is 17.5 Å². The Morgan fingerprint density at radius 2 is 1.75 bits per heavy atom. The minimum atomic E-state index is -0.300. The molecule has 0 saturated heterocycles. The Morgan fingerprint density at radius 3 is 2.46 bits per heavy atom. The summed E-state index contributed by atoms with van der Waals surface area (Å²) in [5.41, 5.74) is 2.54. The van der Waals surface area contributed by atoms with E-state index >= 15 is 0 Å². The maximum absolute atomic E-state index is 11.7. The molecule has 128 valence electrons. The molecule has 1 heterocycles. The zero-order valence-corrected chi connectivity index (χ0v) is 14.6. The summed E-state index contributed by atoms with van der Waals surface area (Å²) in [6, 6.07) is 9.23. The van der Waals surface area contributed by atoms with E-state index in [9.17, 15) is 4.79 Å². The van der Waals surface area contributed by atoms with Crippen LogP contribution in [0.15, 0.2) is 36.5 Å². The molecule has 0 bridgehead atoms. The number of esters is 1. The lowest BCUT2D eigenvalue weighted by atomic mass is 10.1. The van der Waals surface area contributed by atoms with Gasteiger partial charge in [0.2, 0.25) is 0 Å². The van der Waals surface area contributed by atoms with Crippen LogP contribution in [0.3, 0.4) is 0 Å². The first-order chi connectivity index (χ1) is 11.7. The highest BCUT2D eigenvalue weighted by Crippen LogP contribution is 2.17. The number of unbranched alkanes of at least 4 members (excludes halogenated alkanes) is 4. The van der Waals surface area contributed by atoms with Gasteiger partial charge in [0.25, 0.3) is 0 Å². The predicted octanol–water partition coefficient (Wildman–Crippen LogP) is 4.83. The maximum Gasteiger partial charge on any atom is 0.338 e. The van der Waals surface area contributed by atoms with Crippen LogP contribution in [0, 0.1) is 0 Å². The first-order valence-corrected chi connectivity index (χ1v) is 8.84. The Hall–Kier alpha value is -2.23. The fourth-order valence-electron chi connectivity index (χ4n) is 2.55. The molecule has 0 fully saturated rings. The second kappa shape index (κ2) is 9.81. The highest BCUT2D eigenvalue weighted by Gasteiger charge is 2.08. The number of rotatable bonds is 9. The summed E-state index contributed by atoms with van der Waals surface area (Å²) in [5, 5.41) is 0. The molecule has 0 spiro atoms. The van der Waals surface area contributed by atoms with Gasteiger partial charge in [-0.3, -0.25) is 0 Å². The fourth-order valence-corrected chi connectivity index (χ4v) is 2.55. The average molecular weight is 326 g/mol. The fraction of sp³-hybridized carbons (Fsp3) is 0.450. The number of hydrogen-bond acceptors (Lipinski definition) is 4. The van der Waals surface area contributed by atoms with Crippen molar-refractivity contribution in [3.63, 3.8) is 0 Å². The lowest BCUT2D eigenvalue weighted by molar-refractivity contribution is 0.0526. The van der Waals surface area contributed by atoms with Crippen LogP contribution >= 0.6 is 0 Å². The Bertz CT molecular complexity index is 638. The first-order valence-electron chi connectivity index (χ1n) is 8.84. The van der Waals surface area contributed by atoms with Crippen molar-refractivity contribution in [2.24, 2.45) is 0 Å². The summed E-state index contributed by atoms with van der Waals surface area (Å²) in [4.78, 5) is 20.7. The summed E-state index contributed by atoms with van der Waals surface area (Å²) >= 11 is 0. The summed E-state index contributed by atoms with van der Waals surface area (Å²) in [5.74, 6) is 0.405. The molecular formula is C20H26N2O2. The molecule has 0 atom stereocenters. The monoisotopic (exact) mass is 326 g/mol. The van der Waals surface area contributed by atoms with E-state index < -0.39 is 0 Å². The summed E-state index contributed by atoms with van der Waals surface area (Å²) in [6.45, 7) is 4.40. The number of aromatic nitrogens is 2. The van der Waals surface area contributed by atoms with Gasteiger partial charge in [0.05, 0.1) is 12.2 Å². The Morgan fingerprint density at radius 1 is 1.00 bits per heavy atom. The van der Waals surface area contributed by atoms with Crippen molar-refractivity contribution in [3.8, 4) is 11.4 Å². The minimum Gasteiger partial charge on any atom is -0.462 e. The normalized spacial score (nSPS) is 10.6. The number of aryl methyl sites for hydroxylation is 1. The third-order valence-corrected chi connectivity index (χ3v) is 3.90. The molecule has 0 unspecified atom stereocenters. The molecule has 2 aromatic rings. The molecule has 0 aliphatic carbocycles. The van der Waals surface area contributed by atoms with Gasteiger partial charge in [-0.05, 0) is 38.0 Å². The first kappa shape index (κ1) is 18.1. The molecule has 0 radical (unpaired) electrons. The highest BCUT2D eigenvalue weighted by atomic mass is 16.5. The van der Waals surface area contributed by atoms with Crippen molar-refractivity contribution in [2.45, 2.75) is 52.4 Å². The van der Waals surface area contributed by atoms with E-state index in [1.165, 1.54) is 25.7 Å². The van der Waals surface area contributed by atoms with Crippen LogP contribution in [0.4, 0.5) is 0 Å². The molecule has 0 amide bonds. The number of carbonyl (C=O) groups is 1. The number of carbonyl (C=O) groups excluding carboxylic acids is 1. The molecule has 1 aromatic carbocycles. The SMILES string of the molecule is CCCCCCCc1ccnc(-c2ccc(C(=O)OCC)cc2)n1. The molecule has 0 aliphatic rings. The molecule has 2 rings (SSSR count). The molecule has 0 saturated carbocycles. The van der Waals surface area contributed by atoms with Crippen molar-refractivity contribution < 1.29 is 9.53 Å². The summed E-state index contributed by atoms with van der Waals surface area (Å²) in [6.07, 6.45) is 9.08. The molecule has 4 nitrogen and oxygen atoms in total. The standard InChI is InChI=1S/C20H26N2O2/c1-3-5-6-7-8-9-18-14-15-21-19(22-18)16-10-12-17(13-11-16)20(23)24-4-2/h10-15H,3-9H2,1-2H3. The van der Waals surface area contributed by atoms with Gasteiger partial charge in [0.1, 0.15) is 0 Å². The maximum atomic E-state index is 11.7. The van der Waals surface area contributed by atoms with E-state index in [2.05, 4.69) is 16.9 Å². The molecule has 4 heteroatoms. The van der Waals surface area contributed by atoms with Gasteiger partial charge in [0.15, 0.2) is 5.82 Å². The predicted molar refractivity (Wildman–Crippen MR) is 95.9 cm³/mol. The van der Waals surface area contributed by atoms with E-state index in [-0.39, 0.29) is 5.97 Å². The third-order valence-electron chi connectivity index (χ3n) is 3.90. The lowest BCUT2D eigenvalue weighted by Gasteiger charge is -2.05. The Kier molecular flexibility index (Phi) is 7.40. The number of hydrogen-bond donors (Lipinski definition) is 0. The second-order valence-corrected chi connectivity index (χ2v) is 5.83. The van der Waals surface area contributed by atoms with E-state index in [1.807, 2.05) is 24.4 Å². The van der Waals surface area contributed by atoms with E-state index in [0.717, 1.165) is 24.1 Å². The molecule has 1 aromatic heterocycles. The van der Waals surface area contributed by atoms with Crippen molar-refractivity contribution in [1.29, 1.82) is 0 Å². The van der Waals surface area contributed by atoms with Crippen LogP contribution in [0.25, 0.3) is 11.4 Å². The largest absolute Gasteiger partial charge is 0.462 e. The van der Waals surface area contributed by atoms with Crippen molar-refractivity contribution in [3.05, 3.63) is 47.8 Å². The zero-order chi connectivity index (χ0) is 17.2. The molecule has 0 aliphatic heterocycles. The van der Waals surface area contributed by atoms with Crippen LogP contribution in [-0.4, -0.2) is 22.5 Å². The third kappa shape index (κ3) is 5.44. The quantitative estimate of drug-likeness (QED) is 0.489. The van der Waals surface area contributed by atoms with E-state index in [0.29, 0.717) is 18.0 Å². The molecule has 24 heavy (non-hydrogen) atoms. The Labute approximate surface area is 144 Å². The summed E-state index contributed by atoms with van der Waals surface area (Å²) < 4.78 is 4.99. The van der Waals surface area contributed by atoms with Crippen molar-refractivity contribution >= 4 is 5.97 Å². The van der Waals surface area contributed by atoms with Crippen molar-refractivity contribution in [1.82, 2.24) is 9.97 Å². The van der Waals surface area contributed by atoms with Crippen LogP contribution in [0.5, 0.6) is 0 Å². The van der Waals surface area contributed by atoms with Gasteiger partial charge in [-0.15, -0.1) is 0 Å². The number of ether oxygens (including phenoxy) is 1. The van der Waals surface area contributed by atoms with Gasteiger partial charge in [-0.25, -0.2) is 14.8 Å². The van der Waals surface area contributed by atoms with Gasteiger partial charge in [-0.1, -0.05) is 44.7 Å². The van der Waals surface area contributed by atoms with Crippen LogP contribution in [0.1, 0.15) is 62.0 Å². The minimum absolute atomic E-state index is 0.300. The molecular weight excluding hydrogens is 300 g/mol. The topological polar surface area (TPSA) is 52.1 Å². The highest BCUT2D eigenvalue weighted by molar-refractivity contribution is 5.89. The number of benzene rings is 1. The Balaban J connectivity index is 1.99. The number of nitrogens with zero attached hydrogens (tertiary/aromatic N) is 2. The smallest absolute Gasteiger partial charge is 0.338 e. The zero-order valence-electron chi connectivity index (χ0n) is 14.6. The van der Waals surface area contributed by atoms with Gasteiger partial charge < -0.3 is 4.74 Å². The van der Waals surface area contributed by atoms with Crippen LogP contribution in [0.2, 0.25) is 0 Å². The van der Waals surface area contributed by atoms with Crippen molar-refractivity contribution in [2.75, 3.05) is 6.61 Å². The molecule has 0 N–H and O–H groups in total. The van der Waals surface area contributed by atoms with Crippen LogP contribution in [-0.2, 0) is 11.2 Å². The van der Waals surface area contributed by atoms with Gasteiger partial charge >= 0.3 is 5.97 Å². The van der Waals surface area contributed by atoms with E-state index in [1.54, 1.807) is 19.1 Å².